The van der Waals surface area contributed by atoms with Crippen molar-refractivity contribution in [3.8, 4) is 0 Å². The van der Waals surface area contributed by atoms with Crippen LogP contribution in [0.5, 0.6) is 0 Å². The number of halogens is 1. The van der Waals surface area contributed by atoms with Crippen LogP contribution in [0, 0.1) is 0 Å². The zero-order valence-corrected chi connectivity index (χ0v) is 12.5. The zero-order valence-electron chi connectivity index (χ0n) is 11.7. The number of carbonyl (C=O) groups is 1. The molecule has 0 aliphatic carbocycles. The number of nitrogens with zero attached hydrogens (tertiary/aromatic N) is 2. The SMILES string of the molecule is NCCCN(Cc1ccccc1)C(=O)c1ccncc1Cl. The number of amides is 1. The second-order valence-corrected chi connectivity index (χ2v) is 5.12. The second kappa shape index (κ2) is 7.76. The first-order chi connectivity index (χ1) is 10.2. The second-order valence-electron chi connectivity index (χ2n) is 4.71. The average molecular weight is 304 g/mol. The van der Waals surface area contributed by atoms with Crippen LogP contribution in [0.4, 0.5) is 0 Å². The van der Waals surface area contributed by atoms with Crippen molar-refractivity contribution in [1.29, 1.82) is 0 Å². The monoisotopic (exact) mass is 303 g/mol. The fourth-order valence-corrected chi connectivity index (χ4v) is 2.26. The minimum Gasteiger partial charge on any atom is -0.334 e. The highest BCUT2D eigenvalue weighted by molar-refractivity contribution is 6.33. The highest BCUT2D eigenvalue weighted by atomic mass is 35.5. The Labute approximate surface area is 129 Å². The van der Waals surface area contributed by atoms with Gasteiger partial charge in [0.2, 0.25) is 0 Å². The highest BCUT2D eigenvalue weighted by Gasteiger charge is 2.18. The third kappa shape index (κ3) is 4.28. The number of benzene rings is 1. The van der Waals surface area contributed by atoms with Crippen molar-refractivity contribution in [1.82, 2.24) is 9.88 Å². The third-order valence-corrected chi connectivity index (χ3v) is 3.44. The van der Waals surface area contributed by atoms with Gasteiger partial charge in [-0.25, -0.2) is 0 Å². The summed E-state index contributed by atoms with van der Waals surface area (Å²) in [4.78, 5) is 18.3. The lowest BCUT2D eigenvalue weighted by atomic mass is 10.1. The maximum atomic E-state index is 12.6. The Hall–Kier alpha value is -1.91. The molecule has 0 atom stereocenters. The summed E-state index contributed by atoms with van der Waals surface area (Å²) in [5, 5.41) is 0.369. The molecule has 0 spiro atoms. The number of pyridine rings is 1. The van der Waals surface area contributed by atoms with Crippen LogP contribution < -0.4 is 5.73 Å². The number of hydrogen-bond acceptors (Lipinski definition) is 3. The molecule has 0 saturated heterocycles. The van der Waals surface area contributed by atoms with Gasteiger partial charge in [0.15, 0.2) is 0 Å². The molecule has 1 aromatic heterocycles. The smallest absolute Gasteiger partial charge is 0.255 e. The maximum Gasteiger partial charge on any atom is 0.255 e. The van der Waals surface area contributed by atoms with Crippen molar-refractivity contribution in [2.75, 3.05) is 13.1 Å². The molecule has 1 amide bonds. The Morgan fingerprint density at radius 2 is 2.00 bits per heavy atom. The predicted molar refractivity (Wildman–Crippen MR) is 84.1 cm³/mol. The van der Waals surface area contributed by atoms with E-state index in [0.717, 1.165) is 12.0 Å². The summed E-state index contributed by atoms with van der Waals surface area (Å²) >= 11 is 6.07. The molecule has 21 heavy (non-hydrogen) atoms. The Morgan fingerprint density at radius 1 is 1.24 bits per heavy atom. The van der Waals surface area contributed by atoms with Crippen molar-refractivity contribution in [3.63, 3.8) is 0 Å². The molecule has 0 unspecified atom stereocenters. The van der Waals surface area contributed by atoms with Gasteiger partial charge in [0, 0.05) is 25.5 Å². The Balaban J connectivity index is 2.19. The molecule has 2 rings (SSSR count). The van der Waals surface area contributed by atoms with E-state index in [1.165, 1.54) is 6.20 Å². The lowest BCUT2D eigenvalue weighted by Gasteiger charge is -2.23. The summed E-state index contributed by atoms with van der Waals surface area (Å²) in [5.74, 6) is -0.0975. The van der Waals surface area contributed by atoms with Gasteiger partial charge in [-0.2, -0.15) is 0 Å². The van der Waals surface area contributed by atoms with E-state index in [9.17, 15) is 4.79 Å². The normalized spacial score (nSPS) is 10.4. The van der Waals surface area contributed by atoms with Crippen molar-refractivity contribution >= 4 is 17.5 Å². The molecule has 1 heterocycles. The fourth-order valence-electron chi connectivity index (χ4n) is 2.06. The summed E-state index contributed by atoms with van der Waals surface area (Å²) in [5.41, 5.74) is 7.11. The van der Waals surface area contributed by atoms with Crippen molar-refractivity contribution in [3.05, 3.63) is 64.9 Å². The van der Waals surface area contributed by atoms with Crippen LogP contribution in [0.15, 0.2) is 48.8 Å². The first kappa shape index (κ1) is 15.5. The van der Waals surface area contributed by atoms with Crippen LogP contribution in [-0.2, 0) is 6.54 Å². The van der Waals surface area contributed by atoms with Crippen LogP contribution in [0.25, 0.3) is 0 Å². The van der Waals surface area contributed by atoms with E-state index in [1.54, 1.807) is 17.2 Å². The van der Waals surface area contributed by atoms with Crippen molar-refractivity contribution in [2.45, 2.75) is 13.0 Å². The maximum absolute atomic E-state index is 12.6. The third-order valence-electron chi connectivity index (χ3n) is 3.14. The number of hydrogen-bond donors (Lipinski definition) is 1. The van der Waals surface area contributed by atoms with Gasteiger partial charge >= 0.3 is 0 Å². The highest BCUT2D eigenvalue weighted by Crippen LogP contribution is 2.17. The summed E-state index contributed by atoms with van der Waals surface area (Å²) in [6.07, 6.45) is 3.81. The minimum absolute atomic E-state index is 0.0975. The Kier molecular flexibility index (Phi) is 5.72. The molecule has 4 nitrogen and oxygen atoms in total. The average Bonchev–Trinajstić information content (AvgIpc) is 2.52. The lowest BCUT2D eigenvalue weighted by Crippen LogP contribution is -2.32. The molecule has 1 aromatic carbocycles. The van der Waals surface area contributed by atoms with Gasteiger partial charge in [-0.3, -0.25) is 9.78 Å². The molecule has 0 radical (unpaired) electrons. The molecule has 0 aliphatic rings. The standard InChI is InChI=1S/C16H18ClN3O/c17-15-11-19-9-7-14(15)16(21)20(10-4-8-18)12-13-5-2-1-3-6-13/h1-3,5-7,9,11H,4,8,10,12,18H2. The number of aromatic nitrogens is 1. The summed E-state index contributed by atoms with van der Waals surface area (Å²) in [7, 11) is 0. The van der Waals surface area contributed by atoms with Crippen LogP contribution in [0.1, 0.15) is 22.3 Å². The molecule has 0 saturated carbocycles. The minimum atomic E-state index is -0.0975. The van der Waals surface area contributed by atoms with Gasteiger partial charge in [0.1, 0.15) is 0 Å². The van der Waals surface area contributed by atoms with Crippen LogP contribution >= 0.6 is 11.6 Å². The summed E-state index contributed by atoms with van der Waals surface area (Å²) in [6, 6.07) is 11.5. The quantitative estimate of drug-likeness (QED) is 0.892. The van der Waals surface area contributed by atoms with E-state index < -0.39 is 0 Å². The summed E-state index contributed by atoms with van der Waals surface area (Å²) < 4.78 is 0. The van der Waals surface area contributed by atoms with E-state index in [-0.39, 0.29) is 5.91 Å². The van der Waals surface area contributed by atoms with Gasteiger partial charge in [-0.1, -0.05) is 41.9 Å². The molecule has 2 N–H and O–H groups in total. The van der Waals surface area contributed by atoms with Gasteiger partial charge in [0.25, 0.3) is 5.91 Å². The molecular formula is C16H18ClN3O. The first-order valence-corrected chi connectivity index (χ1v) is 7.23. The number of rotatable bonds is 6. The predicted octanol–water partition coefficient (Wildman–Crippen LogP) is 2.73. The molecule has 5 heteroatoms. The first-order valence-electron chi connectivity index (χ1n) is 6.85. The van der Waals surface area contributed by atoms with Crippen LogP contribution in [0.3, 0.4) is 0 Å². The molecular weight excluding hydrogens is 286 g/mol. The zero-order chi connectivity index (χ0) is 15.1. The van der Waals surface area contributed by atoms with Gasteiger partial charge in [0.05, 0.1) is 10.6 Å². The van der Waals surface area contributed by atoms with Crippen molar-refractivity contribution < 1.29 is 4.79 Å². The Bertz CT molecular complexity index is 589. The fraction of sp³-hybridized carbons (Fsp3) is 0.250. The largest absolute Gasteiger partial charge is 0.334 e. The van der Waals surface area contributed by atoms with E-state index >= 15 is 0 Å². The molecule has 0 bridgehead atoms. The topological polar surface area (TPSA) is 59.2 Å². The molecule has 0 aliphatic heterocycles. The van der Waals surface area contributed by atoms with Crippen molar-refractivity contribution in [2.24, 2.45) is 5.73 Å². The van der Waals surface area contributed by atoms with Crippen LogP contribution in [-0.4, -0.2) is 28.9 Å². The molecule has 0 fully saturated rings. The Morgan fingerprint density at radius 3 is 2.67 bits per heavy atom. The van der Waals surface area contributed by atoms with E-state index in [0.29, 0.717) is 30.2 Å². The van der Waals surface area contributed by atoms with Gasteiger partial charge in [-0.15, -0.1) is 0 Å². The molecule has 2 aromatic rings. The number of carbonyl (C=O) groups excluding carboxylic acids is 1. The van der Waals surface area contributed by atoms with Gasteiger partial charge in [-0.05, 0) is 24.6 Å². The number of nitrogens with two attached hydrogens (primary N) is 1. The van der Waals surface area contributed by atoms with E-state index in [1.807, 2.05) is 30.3 Å². The van der Waals surface area contributed by atoms with Crippen LogP contribution in [0.2, 0.25) is 5.02 Å². The van der Waals surface area contributed by atoms with Gasteiger partial charge < -0.3 is 10.6 Å². The lowest BCUT2D eigenvalue weighted by molar-refractivity contribution is 0.0742. The molecule has 110 valence electrons. The summed E-state index contributed by atoms with van der Waals surface area (Å²) in [6.45, 7) is 1.68. The van der Waals surface area contributed by atoms with E-state index in [2.05, 4.69) is 4.98 Å². The van der Waals surface area contributed by atoms with E-state index in [4.69, 9.17) is 17.3 Å².